The largest absolute Gasteiger partial charge is 0.494 e. The monoisotopic (exact) mass is 802 g/mol. The van der Waals surface area contributed by atoms with E-state index in [1.54, 1.807) is 22.7 Å². The maximum atomic E-state index is 12.3. The third kappa shape index (κ3) is 13.5. The smallest absolute Gasteiger partial charge is 0.338 e. The molecule has 47 heavy (non-hydrogen) atoms. The van der Waals surface area contributed by atoms with Crippen LogP contribution in [0.4, 0.5) is 0 Å². The highest BCUT2D eigenvalue weighted by molar-refractivity contribution is 9.11. The third-order valence-corrected chi connectivity index (χ3v) is 11.8. The number of ether oxygens (including phenoxy) is 3. The number of hydrogen-bond acceptors (Lipinski definition) is 6. The SMILES string of the molecule is CCC(C)COC(=O)c1ccc(-c2ccc(OCCCCCCCCCCCCOCc3cc(Br)sc3-c3ccc(Br)s3)cc2)cc1. The van der Waals surface area contributed by atoms with Gasteiger partial charge in [0.2, 0.25) is 0 Å². The molecule has 2 aromatic heterocycles. The summed E-state index contributed by atoms with van der Waals surface area (Å²) >= 11 is 10.8. The average molecular weight is 805 g/mol. The van der Waals surface area contributed by atoms with Crippen LogP contribution in [0.3, 0.4) is 0 Å². The first-order valence-electron chi connectivity index (χ1n) is 17.0. The van der Waals surface area contributed by atoms with Crippen molar-refractivity contribution >= 4 is 60.5 Å². The number of esters is 1. The highest BCUT2D eigenvalue weighted by atomic mass is 79.9. The van der Waals surface area contributed by atoms with Crippen LogP contribution in [0, 0.1) is 5.92 Å². The molecule has 0 aliphatic rings. The van der Waals surface area contributed by atoms with E-state index in [9.17, 15) is 4.79 Å². The molecule has 0 N–H and O–H groups in total. The Morgan fingerprint density at radius 2 is 1.32 bits per heavy atom. The molecule has 2 aromatic carbocycles. The molecule has 0 radical (unpaired) electrons. The Morgan fingerprint density at radius 1 is 0.723 bits per heavy atom. The zero-order valence-electron chi connectivity index (χ0n) is 27.7. The van der Waals surface area contributed by atoms with Crippen LogP contribution in [0.25, 0.3) is 20.9 Å². The first-order chi connectivity index (χ1) is 22.9. The van der Waals surface area contributed by atoms with E-state index < -0.39 is 0 Å². The minimum atomic E-state index is -0.259. The molecular formula is C39H48Br2O4S2. The van der Waals surface area contributed by atoms with Gasteiger partial charge in [0.1, 0.15) is 5.75 Å². The highest BCUT2D eigenvalue weighted by Gasteiger charge is 2.13. The van der Waals surface area contributed by atoms with E-state index in [-0.39, 0.29) is 5.97 Å². The molecule has 2 heterocycles. The van der Waals surface area contributed by atoms with Crippen LogP contribution >= 0.6 is 54.5 Å². The van der Waals surface area contributed by atoms with E-state index in [0.29, 0.717) is 24.7 Å². The molecule has 0 saturated heterocycles. The fourth-order valence-corrected chi connectivity index (χ4v) is 8.39. The van der Waals surface area contributed by atoms with Gasteiger partial charge >= 0.3 is 5.97 Å². The predicted octanol–water partition coefficient (Wildman–Crippen LogP) is 13.4. The molecule has 0 bridgehead atoms. The van der Waals surface area contributed by atoms with E-state index in [4.69, 9.17) is 14.2 Å². The van der Waals surface area contributed by atoms with Crippen molar-refractivity contribution in [1.29, 1.82) is 0 Å². The van der Waals surface area contributed by atoms with Gasteiger partial charge in [0, 0.05) is 11.5 Å². The van der Waals surface area contributed by atoms with E-state index in [2.05, 4.69) is 76.0 Å². The third-order valence-electron chi connectivity index (χ3n) is 8.29. The number of carbonyl (C=O) groups excluding carboxylic acids is 1. The minimum Gasteiger partial charge on any atom is -0.494 e. The first kappa shape index (κ1) is 37.8. The topological polar surface area (TPSA) is 44.8 Å². The summed E-state index contributed by atoms with van der Waals surface area (Å²) in [7, 11) is 0. The molecule has 1 unspecified atom stereocenters. The summed E-state index contributed by atoms with van der Waals surface area (Å²) in [5.74, 6) is 1.02. The number of benzene rings is 2. The number of carbonyl (C=O) groups is 1. The van der Waals surface area contributed by atoms with Gasteiger partial charge in [-0.1, -0.05) is 95.9 Å². The quantitative estimate of drug-likeness (QED) is 0.0586. The van der Waals surface area contributed by atoms with E-state index in [1.807, 2.05) is 36.4 Å². The van der Waals surface area contributed by atoms with Crippen molar-refractivity contribution < 1.29 is 19.0 Å². The van der Waals surface area contributed by atoms with Gasteiger partial charge < -0.3 is 14.2 Å². The Labute approximate surface area is 306 Å². The molecule has 0 amide bonds. The number of hydrogen-bond donors (Lipinski definition) is 0. The summed E-state index contributed by atoms with van der Waals surface area (Å²) in [6.45, 7) is 6.91. The molecule has 254 valence electrons. The van der Waals surface area contributed by atoms with Crippen molar-refractivity contribution in [3.63, 3.8) is 0 Å². The standard InChI is InChI=1S/C39H48Br2O4S2/c1-3-29(2)27-45-39(42)32-16-14-30(15-17-32)31-18-20-34(21-19-31)44-25-13-11-9-7-5-4-6-8-10-12-24-43-28-33-26-37(41)47-38(33)35-22-23-36(40)46-35/h14-23,26,29H,3-13,24-25,27-28H2,1-2H3. The predicted molar refractivity (Wildman–Crippen MR) is 206 cm³/mol. The van der Waals surface area contributed by atoms with Crippen LogP contribution in [0.5, 0.6) is 5.75 Å². The summed E-state index contributed by atoms with van der Waals surface area (Å²) in [5.41, 5.74) is 4.03. The number of unbranched alkanes of at least 4 members (excludes halogenated alkanes) is 9. The molecule has 0 saturated carbocycles. The molecule has 8 heteroatoms. The lowest BCUT2D eigenvalue weighted by atomic mass is 10.0. The number of halogens is 2. The normalized spacial score (nSPS) is 11.9. The van der Waals surface area contributed by atoms with Crippen LogP contribution in [0.1, 0.15) is 100 Å². The van der Waals surface area contributed by atoms with Crippen LogP contribution in [0.15, 0.2) is 74.3 Å². The fourth-order valence-electron chi connectivity index (χ4n) is 5.20. The van der Waals surface area contributed by atoms with Crippen molar-refractivity contribution in [2.24, 2.45) is 5.92 Å². The molecule has 0 aliphatic carbocycles. The molecule has 0 fully saturated rings. The second kappa shape index (κ2) is 21.2. The lowest BCUT2D eigenvalue weighted by molar-refractivity contribution is 0.0447. The zero-order chi connectivity index (χ0) is 33.3. The van der Waals surface area contributed by atoms with Crippen molar-refractivity contribution in [2.75, 3.05) is 19.8 Å². The van der Waals surface area contributed by atoms with Crippen LogP contribution in [-0.4, -0.2) is 25.8 Å². The highest BCUT2D eigenvalue weighted by Crippen LogP contribution is 2.40. The minimum absolute atomic E-state index is 0.259. The van der Waals surface area contributed by atoms with Gasteiger partial charge in [-0.2, -0.15) is 0 Å². The van der Waals surface area contributed by atoms with E-state index in [0.717, 1.165) is 56.9 Å². The van der Waals surface area contributed by atoms with Crippen molar-refractivity contribution in [1.82, 2.24) is 0 Å². The van der Waals surface area contributed by atoms with Crippen LogP contribution in [0.2, 0.25) is 0 Å². The second-order valence-electron chi connectivity index (χ2n) is 12.2. The maximum absolute atomic E-state index is 12.3. The Hall–Kier alpha value is -1.97. The Balaban J connectivity index is 0.968. The van der Waals surface area contributed by atoms with Gasteiger partial charge in [-0.3, -0.25) is 0 Å². The van der Waals surface area contributed by atoms with Crippen molar-refractivity contribution in [3.05, 3.63) is 85.4 Å². The van der Waals surface area contributed by atoms with Gasteiger partial charge in [0.15, 0.2) is 0 Å². The van der Waals surface area contributed by atoms with Gasteiger partial charge in [-0.25, -0.2) is 4.79 Å². The lowest BCUT2D eigenvalue weighted by Gasteiger charge is -2.10. The summed E-state index contributed by atoms with van der Waals surface area (Å²) in [6, 6.07) is 22.3. The maximum Gasteiger partial charge on any atom is 0.338 e. The van der Waals surface area contributed by atoms with Crippen molar-refractivity contribution in [2.45, 2.75) is 91.1 Å². The van der Waals surface area contributed by atoms with Crippen LogP contribution < -0.4 is 4.74 Å². The fraction of sp³-hybridized carbons (Fsp3) is 0.462. The molecule has 4 nitrogen and oxygen atoms in total. The van der Waals surface area contributed by atoms with Crippen LogP contribution in [-0.2, 0) is 16.1 Å². The van der Waals surface area contributed by atoms with Gasteiger partial charge in [-0.05, 0) is 110 Å². The molecule has 0 aliphatic heterocycles. The second-order valence-corrected chi connectivity index (χ2v) is 17.1. The Morgan fingerprint density at radius 3 is 1.91 bits per heavy atom. The molecule has 4 aromatic rings. The lowest BCUT2D eigenvalue weighted by Crippen LogP contribution is -2.11. The summed E-state index contributed by atoms with van der Waals surface area (Å²) < 4.78 is 19.7. The summed E-state index contributed by atoms with van der Waals surface area (Å²) in [4.78, 5) is 14.9. The van der Waals surface area contributed by atoms with E-state index >= 15 is 0 Å². The van der Waals surface area contributed by atoms with Gasteiger partial charge in [-0.15, -0.1) is 22.7 Å². The molecule has 4 rings (SSSR count). The zero-order valence-corrected chi connectivity index (χ0v) is 32.5. The summed E-state index contributed by atoms with van der Waals surface area (Å²) in [5, 5.41) is 0. The molecular weight excluding hydrogens is 756 g/mol. The summed E-state index contributed by atoms with van der Waals surface area (Å²) in [6.07, 6.45) is 13.6. The number of rotatable bonds is 22. The van der Waals surface area contributed by atoms with Crippen molar-refractivity contribution in [3.8, 4) is 26.6 Å². The Kier molecular flexibility index (Phi) is 17.1. The first-order valence-corrected chi connectivity index (χ1v) is 20.3. The average Bonchev–Trinajstić information content (AvgIpc) is 3.69. The Bertz CT molecular complexity index is 1460. The molecule has 0 spiro atoms. The van der Waals surface area contributed by atoms with Gasteiger partial charge in [0.25, 0.3) is 0 Å². The van der Waals surface area contributed by atoms with Gasteiger partial charge in [0.05, 0.1) is 37.8 Å². The molecule has 1 atom stereocenters. The number of thiophene rings is 2. The van der Waals surface area contributed by atoms with E-state index in [1.165, 1.54) is 66.7 Å².